The number of aromatic nitrogens is 1. The van der Waals surface area contributed by atoms with Crippen molar-refractivity contribution in [1.82, 2.24) is 9.88 Å². The van der Waals surface area contributed by atoms with Crippen LogP contribution in [0, 0.1) is 6.92 Å². The molecule has 0 radical (unpaired) electrons. The van der Waals surface area contributed by atoms with E-state index in [4.69, 9.17) is 9.15 Å². The summed E-state index contributed by atoms with van der Waals surface area (Å²) in [5.74, 6) is 0.560. The van der Waals surface area contributed by atoms with E-state index in [0.717, 1.165) is 28.4 Å². The summed E-state index contributed by atoms with van der Waals surface area (Å²) in [5, 5.41) is 0. The zero-order valence-electron chi connectivity index (χ0n) is 13.9. The van der Waals surface area contributed by atoms with Crippen LogP contribution in [0.1, 0.15) is 37.0 Å². The predicted molar refractivity (Wildman–Crippen MR) is 94.6 cm³/mol. The number of carbonyl (C=O) groups excluding carboxylic acids is 1. The number of ether oxygens (including phenoxy) is 1. The minimum absolute atomic E-state index is 0.0837. The molecule has 1 aliphatic rings. The van der Waals surface area contributed by atoms with Gasteiger partial charge in [-0.3, -0.25) is 0 Å². The van der Waals surface area contributed by atoms with Crippen LogP contribution >= 0.6 is 15.9 Å². The van der Waals surface area contributed by atoms with Gasteiger partial charge in [-0.25, -0.2) is 9.78 Å². The number of oxazole rings is 1. The third-order valence-electron chi connectivity index (χ3n) is 4.56. The molecule has 128 valence electrons. The third-order valence-corrected chi connectivity index (χ3v) is 5.45. The van der Waals surface area contributed by atoms with Crippen molar-refractivity contribution in [3.05, 3.63) is 40.4 Å². The summed E-state index contributed by atoms with van der Waals surface area (Å²) in [4.78, 5) is 18.2. The summed E-state index contributed by atoms with van der Waals surface area (Å²) in [7, 11) is 1.80. The van der Waals surface area contributed by atoms with Crippen molar-refractivity contribution in [2.24, 2.45) is 0 Å². The summed E-state index contributed by atoms with van der Waals surface area (Å²) in [6.45, 7) is 2.10. The Morgan fingerprint density at radius 2 is 2.17 bits per heavy atom. The van der Waals surface area contributed by atoms with E-state index in [1.165, 1.54) is 19.2 Å². The second kappa shape index (κ2) is 7.38. The number of hydrogen-bond acceptors (Lipinski definition) is 4. The first-order valence-corrected chi connectivity index (χ1v) is 8.94. The minimum Gasteiger partial charge on any atom is -0.444 e. The Morgan fingerprint density at radius 3 is 2.88 bits per heavy atom. The molecule has 1 aromatic carbocycles. The van der Waals surface area contributed by atoms with Gasteiger partial charge < -0.3 is 14.1 Å². The molecule has 6 heteroatoms. The molecule has 0 spiro atoms. The van der Waals surface area contributed by atoms with Crippen molar-refractivity contribution in [3.8, 4) is 11.3 Å². The molecular weight excluding hydrogens is 372 g/mol. The highest BCUT2D eigenvalue weighted by molar-refractivity contribution is 9.10. The average molecular weight is 393 g/mol. The van der Waals surface area contributed by atoms with Crippen molar-refractivity contribution in [1.29, 1.82) is 0 Å². The summed E-state index contributed by atoms with van der Waals surface area (Å²) in [5.41, 5.74) is 2.76. The maximum absolute atomic E-state index is 12.2. The molecule has 5 nitrogen and oxygen atoms in total. The maximum atomic E-state index is 12.2. The van der Waals surface area contributed by atoms with Crippen LogP contribution in [0.3, 0.4) is 0 Å². The molecule has 1 amide bonds. The number of aryl methyl sites for hydroxylation is 1. The van der Waals surface area contributed by atoms with Gasteiger partial charge in [0.15, 0.2) is 18.8 Å². The number of nitrogens with zero attached hydrogens (tertiary/aromatic N) is 2. The Balaban J connectivity index is 1.67. The standard InChI is InChI=1S/C18H21BrN2O3/c1-12-9-13(7-8-15(12)19)17-16(24-11-20-17)10-23-18(22)21(2)14-5-3-4-6-14/h7-9,11,14H,3-6,10H2,1-2H3. The van der Waals surface area contributed by atoms with E-state index in [0.29, 0.717) is 17.5 Å². The largest absolute Gasteiger partial charge is 0.444 e. The Labute approximate surface area is 150 Å². The summed E-state index contributed by atoms with van der Waals surface area (Å²) in [6, 6.07) is 6.26. The molecule has 24 heavy (non-hydrogen) atoms. The summed E-state index contributed by atoms with van der Waals surface area (Å²) in [6.07, 6.45) is 5.54. The first kappa shape index (κ1) is 17.0. The molecular formula is C18H21BrN2O3. The lowest BCUT2D eigenvalue weighted by Gasteiger charge is -2.23. The molecule has 1 saturated carbocycles. The minimum atomic E-state index is -0.309. The lowest BCUT2D eigenvalue weighted by Crippen LogP contribution is -2.35. The molecule has 0 aliphatic heterocycles. The lowest BCUT2D eigenvalue weighted by atomic mass is 10.1. The molecule has 1 aromatic heterocycles. The van der Waals surface area contributed by atoms with E-state index in [1.807, 2.05) is 25.1 Å². The van der Waals surface area contributed by atoms with Gasteiger partial charge in [0.05, 0.1) is 0 Å². The third kappa shape index (κ3) is 3.64. The number of carbonyl (C=O) groups is 1. The number of halogens is 1. The highest BCUT2D eigenvalue weighted by atomic mass is 79.9. The maximum Gasteiger partial charge on any atom is 0.410 e. The highest BCUT2D eigenvalue weighted by Gasteiger charge is 2.25. The molecule has 3 rings (SSSR count). The monoisotopic (exact) mass is 392 g/mol. The molecule has 1 aliphatic carbocycles. The van der Waals surface area contributed by atoms with E-state index < -0.39 is 0 Å². The van der Waals surface area contributed by atoms with Crippen LogP contribution in [-0.2, 0) is 11.3 Å². The lowest BCUT2D eigenvalue weighted by molar-refractivity contribution is 0.0860. The fourth-order valence-corrected chi connectivity index (χ4v) is 3.32. The van der Waals surface area contributed by atoms with Gasteiger partial charge in [-0.15, -0.1) is 0 Å². The van der Waals surface area contributed by atoms with Crippen LogP contribution in [0.4, 0.5) is 4.79 Å². The topological polar surface area (TPSA) is 55.6 Å². The molecule has 0 unspecified atom stereocenters. The molecule has 0 bridgehead atoms. The number of hydrogen-bond donors (Lipinski definition) is 0. The van der Waals surface area contributed by atoms with Crippen LogP contribution in [-0.4, -0.2) is 29.1 Å². The predicted octanol–water partition coefficient (Wildman–Crippen LogP) is 4.92. The fourth-order valence-electron chi connectivity index (χ4n) is 3.07. The summed E-state index contributed by atoms with van der Waals surface area (Å²) < 4.78 is 11.9. The second-order valence-electron chi connectivity index (χ2n) is 6.19. The number of benzene rings is 1. The van der Waals surface area contributed by atoms with E-state index >= 15 is 0 Å². The van der Waals surface area contributed by atoms with Gasteiger partial charge in [0.1, 0.15) is 5.69 Å². The SMILES string of the molecule is Cc1cc(-c2ncoc2COC(=O)N(C)C2CCCC2)ccc1Br. The number of amides is 1. The van der Waals surface area contributed by atoms with Crippen LogP contribution in [0.15, 0.2) is 33.5 Å². The van der Waals surface area contributed by atoms with Crippen LogP contribution in [0.2, 0.25) is 0 Å². The molecule has 1 heterocycles. The van der Waals surface area contributed by atoms with Crippen molar-refractivity contribution < 1.29 is 13.9 Å². The average Bonchev–Trinajstić information content (AvgIpc) is 3.26. The Kier molecular flexibility index (Phi) is 5.23. The number of rotatable bonds is 4. The van der Waals surface area contributed by atoms with E-state index in [2.05, 4.69) is 20.9 Å². The van der Waals surface area contributed by atoms with Gasteiger partial charge in [0.25, 0.3) is 0 Å². The molecule has 0 saturated heterocycles. The smallest absolute Gasteiger partial charge is 0.410 e. The van der Waals surface area contributed by atoms with Gasteiger partial charge >= 0.3 is 6.09 Å². The van der Waals surface area contributed by atoms with E-state index in [-0.39, 0.29) is 12.7 Å². The molecule has 0 N–H and O–H groups in total. The first-order chi connectivity index (χ1) is 11.6. The first-order valence-electron chi connectivity index (χ1n) is 8.14. The Morgan fingerprint density at radius 1 is 1.42 bits per heavy atom. The van der Waals surface area contributed by atoms with E-state index in [9.17, 15) is 4.79 Å². The van der Waals surface area contributed by atoms with Gasteiger partial charge in [0.2, 0.25) is 0 Å². The van der Waals surface area contributed by atoms with Crippen molar-refractivity contribution in [2.75, 3.05) is 7.05 Å². The molecule has 2 aromatic rings. The Hall–Kier alpha value is -1.82. The summed E-state index contributed by atoms with van der Waals surface area (Å²) >= 11 is 3.49. The quantitative estimate of drug-likeness (QED) is 0.740. The molecule has 1 fully saturated rings. The zero-order valence-corrected chi connectivity index (χ0v) is 15.5. The van der Waals surface area contributed by atoms with Gasteiger partial charge in [-0.2, -0.15) is 0 Å². The van der Waals surface area contributed by atoms with E-state index in [1.54, 1.807) is 11.9 Å². The van der Waals surface area contributed by atoms with Crippen molar-refractivity contribution >= 4 is 22.0 Å². The normalized spacial score (nSPS) is 14.8. The molecule has 0 atom stereocenters. The van der Waals surface area contributed by atoms with Crippen LogP contribution in [0.25, 0.3) is 11.3 Å². The second-order valence-corrected chi connectivity index (χ2v) is 7.05. The fraction of sp³-hybridized carbons (Fsp3) is 0.444. The van der Waals surface area contributed by atoms with Gasteiger partial charge in [0, 0.05) is 23.1 Å². The Bertz CT molecular complexity index is 723. The zero-order chi connectivity index (χ0) is 17.1. The van der Waals surface area contributed by atoms with Crippen LogP contribution < -0.4 is 0 Å². The van der Waals surface area contributed by atoms with Crippen molar-refractivity contribution in [3.63, 3.8) is 0 Å². The van der Waals surface area contributed by atoms with Crippen molar-refractivity contribution in [2.45, 2.75) is 45.3 Å². The van der Waals surface area contributed by atoms with Crippen LogP contribution in [0.5, 0.6) is 0 Å². The van der Waals surface area contributed by atoms with Gasteiger partial charge in [-0.05, 0) is 37.5 Å². The highest BCUT2D eigenvalue weighted by Crippen LogP contribution is 2.27. The van der Waals surface area contributed by atoms with Gasteiger partial charge in [-0.1, -0.05) is 34.8 Å².